The summed E-state index contributed by atoms with van der Waals surface area (Å²) >= 11 is 1.46. The van der Waals surface area contributed by atoms with Crippen LogP contribution in [0, 0.1) is 5.92 Å². The Morgan fingerprint density at radius 2 is 2.08 bits per heavy atom. The van der Waals surface area contributed by atoms with Crippen LogP contribution in [0.25, 0.3) is 10.6 Å². The topological polar surface area (TPSA) is 77.2 Å². The molecular formula is C18H23N3O2S. The Balaban J connectivity index is 1.60. The molecule has 1 fully saturated rings. The molecule has 1 aromatic heterocycles. The van der Waals surface area contributed by atoms with E-state index >= 15 is 0 Å². The van der Waals surface area contributed by atoms with Gasteiger partial charge in [-0.25, -0.2) is 4.98 Å². The second kappa shape index (κ2) is 7.32. The Morgan fingerprint density at radius 1 is 1.38 bits per heavy atom. The van der Waals surface area contributed by atoms with Crippen LogP contribution >= 0.6 is 11.3 Å². The Kier molecular flexibility index (Phi) is 5.16. The first kappa shape index (κ1) is 16.9. The summed E-state index contributed by atoms with van der Waals surface area (Å²) in [6, 6.07) is 7.82. The zero-order valence-electron chi connectivity index (χ0n) is 14.0. The lowest BCUT2D eigenvalue weighted by molar-refractivity contribution is 0.0946. The third-order valence-electron chi connectivity index (χ3n) is 3.94. The minimum atomic E-state index is -0.159. The Hall–Kier alpha value is -1.92. The number of hydrogen-bond acceptors (Lipinski definition) is 5. The molecule has 24 heavy (non-hydrogen) atoms. The Morgan fingerprint density at radius 3 is 2.71 bits per heavy atom. The number of carbonyl (C=O) groups excluding carboxylic acids is 1. The average Bonchev–Trinajstić information content (AvgIpc) is 3.29. The third-order valence-corrected chi connectivity index (χ3v) is 4.83. The first-order valence-corrected chi connectivity index (χ1v) is 9.17. The number of nitrogens with two attached hydrogens (primary N) is 1. The van der Waals surface area contributed by atoms with E-state index in [0.29, 0.717) is 18.2 Å². The van der Waals surface area contributed by atoms with Crippen molar-refractivity contribution in [1.29, 1.82) is 0 Å². The summed E-state index contributed by atoms with van der Waals surface area (Å²) in [6.07, 6.45) is 2.50. The molecule has 0 radical (unpaired) electrons. The van der Waals surface area contributed by atoms with Gasteiger partial charge in [0.2, 0.25) is 0 Å². The molecule has 128 valence electrons. The number of benzene rings is 1. The van der Waals surface area contributed by atoms with Crippen LogP contribution in [0.15, 0.2) is 29.6 Å². The zero-order chi connectivity index (χ0) is 17.1. The van der Waals surface area contributed by atoms with Crippen molar-refractivity contribution in [3.05, 3.63) is 35.3 Å². The van der Waals surface area contributed by atoms with Gasteiger partial charge in [0.1, 0.15) is 16.5 Å². The van der Waals surface area contributed by atoms with Crippen LogP contribution in [0.5, 0.6) is 5.75 Å². The predicted octanol–water partition coefficient (Wildman–Crippen LogP) is 3.06. The van der Waals surface area contributed by atoms with Crippen molar-refractivity contribution in [2.24, 2.45) is 11.7 Å². The molecule has 1 aromatic carbocycles. The summed E-state index contributed by atoms with van der Waals surface area (Å²) in [7, 11) is 0. The van der Waals surface area contributed by atoms with E-state index in [-0.39, 0.29) is 18.1 Å². The standard InChI is InChI=1S/C18H23N3O2S/c1-11(2)23-14-7-5-13(6-8-14)18-21-16(10-24-18)17(22)20-9-15(19)12-3-4-12/h5-8,10-12,15H,3-4,9,19H2,1-2H3,(H,20,22). The quantitative estimate of drug-likeness (QED) is 0.808. The molecule has 0 spiro atoms. The maximum absolute atomic E-state index is 12.2. The van der Waals surface area contributed by atoms with Gasteiger partial charge < -0.3 is 15.8 Å². The van der Waals surface area contributed by atoms with Crippen LogP contribution in [0.3, 0.4) is 0 Å². The number of nitrogens with zero attached hydrogens (tertiary/aromatic N) is 1. The van der Waals surface area contributed by atoms with Crippen molar-refractivity contribution in [2.45, 2.75) is 38.8 Å². The van der Waals surface area contributed by atoms with Gasteiger partial charge in [-0.1, -0.05) is 0 Å². The summed E-state index contributed by atoms with van der Waals surface area (Å²) < 4.78 is 5.63. The third kappa shape index (κ3) is 4.33. The van der Waals surface area contributed by atoms with Gasteiger partial charge in [-0.3, -0.25) is 4.79 Å². The highest BCUT2D eigenvalue weighted by Crippen LogP contribution is 2.31. The molecule has 1 heterocycles. The molecule has 2 aromatic rings. The highest BCUT2D eigenvalue weighted by molar-refractivity contribution is 7.13. The Labute approximate surface area is 146 Å². The summed E-state index contributed by atoms with van der Waals surface area (Å²) in [4.78, 5) is 16.6. The lowest BCUT2D eigenvalue weighted by Crippen LogP contribution is -2.38. The normalized spacial score (nSPS) is 15.3. The van der Waals surface area contributed by atoms with Crippen molar-refractivity contribution in [3.63, 3.8) is 0 Å². The van der Waals surface area contributed by atoms with Crippen LogP contribution in [0.4, 0.5) is 0 Å². The van der Waals surface area contributed by atoms with Crippen molar-refractivity contribution in [2.75, 3.05) is 6.54 Å². The monoisotopic (exact) mass is 345 g/mol. The number of thiazole rings is 1. The van der Waals surface area contributed by atoms with E-state index in [2.05, 4.69) is 10.3 Å². The van der Waals surface area contributed by atoms with Gasteiger partial charge in [-0.05, 0) is 56.9 Å². The number of ether oxygens (including phenoxy) is 1. The fraction of sp³-hybridized carbons (Fsp3) is 0.444. The molecule has 6 heteroatoms. The number of nitrogens with one attached hydrogen (secondary N) is 1. The average molecular weight is 345 g/mol. The van der Waals surface area contributed by atoms with Gasteiger partial charge in [0.05, 0.1) is 6.10 Å². The number of hydrogen-bond donors (Lipinski definition) is 2. The first-order chi connectivity index (χ1) is 11.5. The molecule has 0 aliphatic heterocycles. The van der Waals surface area contributed by atoms with E-state index < -0.39 is 0 Å². The van der Waals surface area contributed by atoms with Gasteiger partial charge in [-0.15, -0.1) is 11.3 Å². The van der Waals surface area contributed by atoms with Crippen LogP contribution < -0.4 is 15.8 Å². The number of amides is 1. The predicted molar refractivity (Wildman–Crippen MR) is 96.3 cm³/mol. The van der Waals surface area contributed by atoms with Gasteiger partial charge >= 0.3 is 0 Å². The lowest BCUT2D eigenvalue weighted by Gasteiger charge is -2.10. The summed E-state index contributed by atoms with van der Waals surface area (Å²) in [5.41, 5.74) is 7.43. The minimum absolute atomic E-state index is 0.0561. The maximum atomic E-state index is 12.2. The van der Waals surface area contributed by atoms with E-state index in [1.54, 1.807) is 5.38 Å². The van der Waals surface area contributed by atoms with Crippen molar-refractivity contribution in [1.82, 2.24) is 10.3 Å². The SMILES string of the molecule is CC(C)Oc1ccc(-c2nc(C(=O)NCC(N)C3CC3)cs2)cc1. The van der Waals surface area contributed by atoms with E-state index in [1.807, 2.05) is 38.1 Å². The van der Waals surface area contributed by atoms with Crippen LogP contribution in [0.1, 0.15) is 37.2 Å². The van der Waals surface area contributed by atoms with E-state index in [0.717, 1.165) is 16.3 Å². The largest absolute Gasteiger partial charge is 0.491 e. The first-order valence-electron chi connectivity index (χ1n) is 8.29. The van der Waals surface area contributed by atoms with Gasteiger partial charge in [-0.2, -0.15) is 0 Å². The van der Waals surface area contributed by atoms with Crippen molar-refractivity contribution >= 4 is 17.2 Å². The maximum Gasteiger partial charge on any atom is 0.270 e. The van der Waals surface area contributed by atoms with Gasteiger partial charge in [0, 0.05) is 23.5 Å². The number of rotatable bonds is 7. The van der Waals surface area contributed by atoms with Gasteiger partial charge in [0.25, 0.3) is 5.91 Å². The van der Waals surface area contributed by atoms with Crippen LogP contribution in [-0.2, 0) is 0 Å². The minimum Gasteiger partial charge on any atom is -0.491 e. The summed E-state index contributed by atoms with van der Waals surface area (Å²) in [5, 5.41) is 5.48. The highest BCUT2D eigenvalue weighted by atomic mass is 32.1. The summed E-state index contributed by atoms with van der Waals surface area (Å²) in [5.74, 6) is 1.24. The molecular weight excluding hydrogens is 322 g/mol. The fourth-order valence-electron chi connectivity index (χ4n) is 2.45. The van der Waals surface area contributed by atoms with E-state index in [4.69, 9.17) is 10.5 Å². The number of carbonyl (C=O) groups is 1. The molecule has 3 rings (SSSR count). The Bertz CT molecular complexity index is 693. The molecule has 1 aliphatic rings. The fourth-order valence-corrected chi connectivity index (χ4v) is 3.26. The van der Waals surface area contributed by atoms with Crippen molar-refractivity contribution in [3.8, 4) is 16.3 Å². The molecule has 5 nitrogen and oxygen atoms in total. The second-order valence-corrected chi connectivity index (χ2v) is 7.30. The highest BCUT2D eigenvalue weighted by Gasteiger charge is 2.28. The molecule has 1 aliphatic carbocycles. The number of aromatic nitrogens is 1. The van der Waals surface area contributed by atoms with Crippen LogP contribution in [0.2, 0.25) is 0 Å². The molecule has 3 N–H and O–H groups in total. The van der Waals surface area contributed by atoms with Crippen LogP contribution in [-0.4, -0.2) is 29.6 Å². The van der Waals surface area contributed by atoms with Gasteiger partial charge in [0.15, 0.2) is 0 Å². The smallest absolute Gasteiger partial charge is 0.270 e. The lowest BCUT2D eigenvalue weighted by atomic mass is 10.2. The molecule has 1 atom stereocenters. The molecule has 0 bridgehead atoms. The van der Waals surface area contributed by atoms with Crippen molar-refractivity contribution < 1.29 is 9.53 Å². The summed E-state index contributed by atoms with van der Waals surface area (Å²) in [6.45, 7) is 4.50. The zero-order valence-corrected chi connectivity index (χ0v) is 14.8. The van der Waals surface area contributed by atoms with E-state index in [1.165, 1.54) is 24.2 Å². The molecule has 1 amide bonds. The second-order valence-electron chi connectivity index (χ2n) is 6.44. The molecule has 0 saturated heterocycles. The molecule has 1 saturated carbocycles. The molecule has 1 unspecified atom stereocenters. The van der Waals surface area contributed by atoms with E-state index in [9.17, 15) is 4.79 Å².